The summed E-state index contributed by atoms with van der Waals surface area (Å²) in [5.41, 5.74) is 6.54. The Morgan fingerprint density at radius 1 is 1.33 bits per heavy atom. The number of rotatable bonds is 5. The minimum absolute atomic E-state index is 0.107. The Balaban J connectivity index is 2.04. The summed E-state index contributed by atoms with van der Waals surface area (Å²) < 4.78 is 1.55. The number of hydrogen-bond acceptors (Lipinski definition) is 5. The molecule has 1 aromatic heterocycles. The normalized spacial score (nSPS) is 10.5. The van der Waals surface area contributed by atoms with Crippen LogP contribution < -0.4 is 5.73 Å². The lowest BCUT2D eigenvalue weighted by atomic mass is 10.1. The Labute approximate surface area is 104 Å². The van der Waals surface area contributed by atoms with Gasteiger partial charge in [0.15, 0.2) is 5.78 Å². The van der Waals surface area contributed by atoms with Crippen LogP contribution >= 0.6 is 0 Å². The van der Waals surface area contributed by atoms with Gasteiger partial charge in [0.05, 0.1) is 12.7 Å². The largest absolute Gasteiger partial charge is 0.508 e. The number of Topliss-reactive ketones (excluding diaryl/α,β-unsaturated/α-hetero) is 1. The van der Waals surface area contributed by atoms with Crippen LogP contribution in [0.2, 0.25) is 0 Å². The highest BCUT2D eigenvalue weighted by atomic mass is 16.3. The van der Waals surface area contributed by atoms with Gasteiger partial charge in [0.2, 0.25) is 0 Å². The molecule has 3 N–H and O–H groups in total. The molecule has 0 saturated carbocycles. The molecule has 6 heteroatoms. The fraction of sp³-hybridized carbons (Fsp3) is 0.250. The first-order valence-electron chi connectivity index (χ1n) is 5.60. The fourth-order valence-corrected chi connectivity index (χ4v) is 1.56. The van der Waals surface area contributed by atoms with E-state index in [1.54, 1.807) is 35.1 Å². The molecule has 0 radical (unpaired) electrons. The molecule has 18 heavy (non-hydrogen) atoms. The molecular weight excluding hydrogens is 232 g/mol. The third kappa shape index (κ3) is 2.92. The van der Waals surface area contributed by atoms with Crippen LogP contribution in [-0.2, 0) is 13.0 Å². The van der Waals surface area contributed by atoms with Crippen LogP contribution in [-0.4, -0.2) is 32.4 Å². The summed E-state index contributed by atoms with van der Waals surface area (Å²) in [5.74, 6) is 0.0732. The van der Waals surface area contributed by atoms with E-state index in [4.69, 9.17) is 10.8 Å². The molecule has 1 aromatic carbocycles. The molecule has 94 valence electrons. The standard InChI is InChI=1S/C12H14N4O2/c13-5-6-16-8-11(14-15-16)12(18)7-9-1-3-10(17)4-2-9/h1-4,8,17H,5-7,13H2. The molecule has 0 aliphatic carbocycles. The van der Waals surface area contributed by atoms with Crippen LogP contribution in [0.3, 0.4) is 0 Å². The molecule has 0 saturated heterocycles. The van der Waals surface area contributed by atoms with Crippen LogP contribution in [0.4, 0.5) is 0 Å². The number of carbonyl (C=O) groups is 1. The molecular formula is C12H14N4O2. The van der Waals surface area contributed by atoms with Crippen LogP contribution in [0.1, 0.15) is 16.1 Å². The van der Waals surface area contributed by atoms with E-state index >= 15 is 0 Å². The third-order valence-electron chi connectivity index (χ3n) is 2.48. The van der Waals surface area contributed by atoms with Crippen molar-refractivity contribution in [3.05, 3.63) is 41.7 Å². The number of nitrogens with zero attached hydrogens (tertiary/aromatic N) is 3. The van der Waals surface area contributed by atoms with Gasteiger partial charge in [-0.1, -0.05) is 17.3 Å². The molecule has 0 atom stereocenters. The van der Waals surface area contributed by atoms with Crippen molar-refractivity contribution < 1.29 is 9.90 Å². The van der Waals surface area contributed by atoms with Gasteiger partial charge in [0.25, 0.3) is 0 Å². The number of carbonyl (C=O) groups excluding carboxylic acids is 1. The van der Waals surface area contributed by atoms with Crippen LogP contribution in [0, 0.1) is 0 Å². The Morgan fingerprint density at radius 3 is 2.72 bits per heavy atom. The molecule has 0 unspecified atom stereocenters. The average molecular weight is 246 g/mol. The Kier molecular flexibility index (Phi) is 3.69. The first kappa shape index (κ1) is 12.3. The first-order chi connectivity index (χ1) is 8.69. The van der Waals surface area contributed by atoms with Gasteiger partial charge in [0, 0.05) is 13.0 Å². The molecule has 0 bridgehead atoms. The quantitative estimate of drug-likeness (QED) is 0.743. The number of benzene rings is 1. The van der Waals surface area contributed by atoms with E-state index < -0.39 is 0 Å². The van der Waals surface area contributed by atoms with E-state index in [2.05, 4.69) is 10.3 Å². The highest BCUT2D eigenvalue weighted by Crippen LogP contribution is 2.11. The summed E-state index contributed by atoms with van der Waals surface area (Å²) in [6, 6.07) is 6.51. The summed E-state index contributed by atoms with van der Waals surface area (Å²) in [4.78, 5) is 11.9. The van der Waals surface area contributed by atoms with Gasteiger partial charge in [-0.05, 0) is 17.7 Å². The van der Waals surface area contributed by atoms with Crippen molar-refractivity contribution in [2.45, 2.75) is 13.0 Å². The van der Waals surface area contributed by atoms with Crippen molar-refractivity contribution >= 4 is 5.78 Å². The van der Waals surface area contributed by atoms with E-state index in [-0.39, 0.29) is 18.0 Å². The second-order valence-corrected chi connectivity index (χ2v) is 3.92. The molecule has 0 aliphatic rings. The highest BCUT2D eigenvalue weighted by molar-refractivity contribution is 5.95. The van der Waals surface area contributed by atoms with E-state index in [1.807, 2.05) is 0 Å². The van der Waals surface area contributed by atoms with E-state index in [0.29, 0.717) is 18.8 Å². The SMILES string of the molecule is NCCn1cc(C(=O)Cc2ccc(O)cc2)nn1. The minimum atomic E-state index is -0.107. The Bertz CT molecular complexity index is 533. The maximum absolute atomic E-state index is 11.9. The minimum Gasteiger partial charge on any atom is -0.508 e. The summed E-state index contributed by atoms with van der Waals surface area (Å²) in [5, 5.41) is 16.8. The maximum Gasteiger partial charge on any atom is 0.189 e. The van der Waals surface area contributed by atoms with Gasteiger partial charge in [-0.2, -0.15) is 0 Å². The molecule has 2 aromatic rings. The number of phenols is 1. The number of phenolic OH excluding ortho intramolecular Hbond substituents is 1. The Hall–Kier alpha value is -2.21. The van der Waals surface area contributed by atoms with Gasteiger partial charge < -0.3 is 10.8 Å². The summed E-state index contributed by atoms with van der Waals surface area (Å²) in [6.45, 7) is 0.994. The zero-order chi connectivity index (χ0) is 13.0. The third-order valence-corrected chi connectivity index (χ3v) is 2.48. The Morgan fingerprint density at radius 2 is 2.06 bits per heavy atom. The van der Waals surface area contributed by atoms with Gasteiger partial charge >= 0.3 is 0 Å². The predicted molar refractivity (Wildman–Crippen MR) is 65.2 cm³/mol. The second kappa shape index (κ2) is 5.42. The van der Waals surface area contributed by atoms with Gasteiger partial charge in [-0.3, -0.25) is 9.48 Å². The fourth-order valence-electron chi connectivity index (χ4n) is 1.56. The summed E-state index contributed by atoms with van der Waals surface area (Å²) in [7, 11) is 0. The number of ketones is 1. The van der Waals surface area contributed by atoms with Crippen molar-refractivity contribution in [1.29, 1.82) is 0 Å². The molecule has 0 amide bonds. The zero-order valence-corrected chi connectivity index (χ0v) is 9.78. The number of aromatic hydroxyl groups is 1. The van der Waals surface area contributed by atoms with E-state index in [9.17, 15) is 4.79 Å². The van der Waals surface area contributed by atoms with E-state index in [1.165, 1.54) is 0 Å². The predicted octanol–water partition coefficient (Wildman–Crippen LogP) is 0.368. The molecule has 6 nitrogen and oxygen atoms in total. The van der Waals surface area contributed by atoms with Crippen LogP contribution in [0.15, 0.2) is 30.5 Å². The zero-order valence-electron chi connectivity index (χ0n) is 9.78. The molecule has 0 aliphatic heterocycles. The monoisotopic (exact) mass is 246 g/mol. The number of hydrogen-bond donors (Lipinski definition) is 2. The lowest BCUT2D eigenvalue weighted by Gasteiger charge is -1.98. The van der Waals surface area contributed by atoms with Crippen molar-refractivity contribution in [2.75, 3.05) is 6.54 Å². The number of aromatic nitrogens is 3. The van der Waals surface area contributed by atoms with E-state index in [0.717, 1.165) is 5.56 Å². The summed E-state index contributed by atoms with van der Waals surface area (Å²) in [6.07, 6.45) is 1.83. The molecule has 0 fully saturated rings. The van der Waals surface area contributed by atoms with Crippen LogP contribution in [0.25, 0.3) is 0 Å². The molecule has 0 spiro atoms. The van der Waals surface area contributed by atoms with Gasteiger partial charge in [0.1, 0.15) is 11.4 Å². The van der Waals surface area contributed by atoms with Crippen LogP contribution in [0.5, 0.6) is 5.75 Å². The highest BCUT2D eigenvalue weighted by Gasteiger charge is 2.11. The van der Waals surface area contributed by atoms with Crippen molar-refractivity contribution in [3.63, 3.8) is 0 Å². The molecule has 2 rings (SSSR count). The second-order valence-electron chi connectivity index (χ2n) is 3.92. The van der Waals surface area contributed by atoms with Crippen molar-refractivity contribution in [1.82, 2.24) is 15.0 Å². The number of nitrogens with two attached hydrogens (primary N) is 1. The summed E-state index contributed by atoms with van der Waals surface area (Å²) >= 11 is 0. The maximum atomic E-state index is 11.9. The molecule has 1 heterocycles. The van der Waals surface area contributed by atoms with Crippen molar-refractivity contribution in [3.8, 4) is 5.75 Å². The first-order valence-corrected chi connectivity index (χ1v) is 5.60. The van der Waals surface area contributed by atoms with Gasteiger partial charge in [-0.15, -0.1) is 5.10 Å². The lowest BCUT2D eigenvalue weighted by Crippen LogP contribution is -2.10. The smallest absolute Gasteiger partial charge is 0.189 e. The van der Waals surface area contributed by atoms with Crippen molar-refractivity contribution in [2.24, 2.45) is 5.73 Å². The topological polar surface area (TPSA) is 94.0 Å². The average Bonchev–Trinajstić information content (AvgIpc) is 2.81. The van der Waals surface area contributed by atoms with Gasteiger partial charge in [-0.25, -0.2) is 0 Å². The lowest BCUT2D eigenvalue weighted by molar-refractivity contribution is 0.0988.